The Bertz CT molecular complexity index is 663. The molecule has 3 amide bonds. The predicted molar refractivity (Wildman–Crippen MR) is 88.3 cm³/mol. The fraction of sp³-hybridized carbons (Fsp3) is 0.556. The van der Waals surface area contributed by atoms with E-state index >= 15 is 0 Å². The fourth-order valence-electron chi connectivity index (χ4n) is 3.99. The summed E-state index contributed by atoms with van der Waals surface area (Å²) in [5, 5.41) is 5.76. The van der Waals surface area contributed by atoms with E-state index in [1.807, 2.05) is 12.1 Å². The van der Waals surface area contributed by atoms with Crippen LogP contribution in [0.3, 0.4) is 0 Å². The molecule has 3 aliphatic heterocycles. The number of nitrogens with zero attached hydrogens (tertiary/aromatic N) is 1. The molecule has 3 heterocycles. The Morgan fingerprint density at radius 2 is 2.21 bits per heavy atom. The summed E-state index contributed by atoms with van der Waals surface area (Å²) >= 11 is 0. The summed E-state index contributed by atoms with van der Waals surface area (Å²) in [7, 11) is 0. The first-order valence-corrected chi connectivity index (χ1v) is 8.73. The van der Waals surface area contributed by atoms with Crippen LogP contribution in [0, 0.1) is 0 Å². The van der Waals surface area contributed by atoms with Gasteiger partial charge >= 0.3 is 6.03 Å². The summed E-state index contributed by atoms with van der Waals surface area (Å²) < 4.78 is 6.08. The second kappa shape index (κ2) is 6.09. The van der Waals surface area contributed by atoms with Crippen molar-refractivity contribution in [2.24, 2.45) is 0 Å². The lowest BCUT2D eigenvalue weighted by molar-refractivity contribution is -0.122. The van der Waals surface area contributed by atoms with Gasteiger partial charge in [-0.15, -0.1) is 0 Å². The van der Waals surface area contributed by atoms with Crippen LogP contribution in [0.4, 0.5) is 4.79 Å². The second-order valence-electron chi connectivity index (χ2n) is 6.90. The van der Waals surface area contributed by atoms with Crippen molar-refractivity contribution >= 4 is 11.9 Å². The Hall–Kier alpha value is -2.08. The number of carbonyl (C=O) groups excluding carboxylic acids is 2. The smallest absolute Gasteiger partial charge is 0.318 e. The van der Waals surface area contributed by atoms with Crippen molar-refractivity contribution in [1.82, 2.24) is 15.5 Å². The third-order valence-electron chi connectivity index (χ3n) is 5.36. The third-order valence-corrected chi connectivity index (χ3v) is 5.36. The van der Waals surface area contributed by atoms with E-state index in [-0.39, 0.29) is 17.5 Å². The van der Waals surface area contributed by atoms with Crippen LogP contribution in [0.25, 0.3) is 0 Å². The Labute approximate surface area is 141 Å². The van der Waals surface area contributed by atoms with Crippen LogP contribution >= 0.6 is 0 Å². The maximum absolute atomic E-state index is 12.6. The second-order valence-corrected chi connectivity index (χ2v) is 6.90. The molecule has 6 nitrogen and oxygen atoms in total. The lowest BCUT2D eigenvalue weighted by Gasteiger charge is -2.26. The number of ether oxygens (including phenoxy) is 1. The molecule has 0 unspecified atom stereocenters. The highest BCUT2D eigenvalue weighted by molar-refractivity contribution is 5.87. The van der Waals surface area contributed by atoms with Crippen molar-refractivity contribution in [2.45, 2.75) is 43.9 Å². The summed E-state index contributed by atoms with van der Waals surface area (Å²) in [5.41, 5.74) is 2.04. The number of nitrogens with one attached hydrogen (secondary N) is 2. The number of rotatable bonds is 1. The molecule has 0 saturated carbocycles. The van der Waals surface area contributed by atoms with E-state index in [0.717, 1.165) is 19.3 Å². The van der Waals surface area contributed by atoms with Crippen LogP contribution in [0.15, 0.2) is 24.3 Å². The predicted octanol–water partition coefficient (Wildman–Crippen LogP) is 1.50. The number of urea groups is 1. The minimum absolute atomic E-state index is 0.0720. The summed E-state index contributed by atoms with van der Waals surface area (Å²) in [6, 6.07) is 7.64. The van der Waals surface area contributed by atoms with Gasteiger partial charge in [-0.3, -0.25) is 4.79 Å². The number of hydrogen-bond donors (Lipinski definition) is 2. The van der Waals surface area contributed by atoms with Crippen molar-refractivity contribution in [3.63, 3.8) is 0 Å². The summed E-state index contributed by atoms with van der Waals surface area (Å²) in [4.78, 5) is 26.4. The summed E-state index contributed by atoms with van der Waals surface area (Å²) in [6.07, 6.45) is 3.42. The van der Waals surface area contributed by atoms with E-state index in [9.17, 15) is 9.59 Å². The van der Waals surface area contributed by atoms with E-state index in [2.05, 4.69) is 22.8 Å². The third kappa shape index (κ3) is 2.65. The van der Waals surface area contributed by atoms with Gasteiger partial charge in [0.15, 0.2) is 0 Å². The fourth-order valence-corrected chi connectivity index (χ4v) is 3.99. The first-order valence-electron chi connectivity index (χ1n) is 8.73. The molecule has 0 aromatic heterocycles. The molecule has 24 heavy (non-hydrogen) atoms. The van der Waals surface area contributed by atoms with Crippen LogP contribution < -0.4 is 10.6 Å². The molecular weight excluding hydrogens is 306 g/mol. The molecule has 1 aromatic rings. The first-order chi connectivity index (χ1) is 11.7. The van der Waals surface area contributed by atoms with Gasteiger partial charge in [0.05, 0.1) is 13.2 Å². The Kier molecular flexibility index (Phi) is 3.92. The normalized spacial score (nSPS) is 29.2. The zero-order valence-electron chi connectivity index (χ0n) is 13.7. The largest absolute Gasteiger partial charge is 0.364 e. The van der Waals surface area contributed by atoms with Gasteiger partial charge in [0.2, 0.25) is 5.91 Å². The Balaban J connectivity index is 1.43. The van der Waals surface area contributed by atoms with Gasteiger partial charge in [-0.05, 0) is 30.4 Å². The van der Waals surface area contributed by atoms with Crippen molar-refractivity contribution < 1.29 is 14.3 Å². The highest BCUT2D eigenvalue weighted by Gasteiger charge is 2.47. The molecule has 6 heteroatoms. The molecule has 4 rings (SSSR count). The quantitative estimate of drug-likeness (QED) is 0.820. The number of fused-ring (bicyclic) bond motifs is 2. The number of hydrogen-bond acceptors (Lipinski definition) is 3. The van der Waals surface area contributed by atoms with Gasteiger partial charge in [0, 0.05) is 19.5 Å². The van der Waals surface area contributed by atoms with Crippen molar-refractivity contribution in [3.8, 4) is 0 Å². The molecule has 0 radical (unpaired) electrons. The van der Waals surface area contributed by atoms with Crippen LogP contribution in [-0.2, 0) is 21.7 Å². The van der Waals surface area contributed by atoms with Gasteiger partial charge < -0.3 is 20.3 Å². The minimum atomic E-state index is -0.423. The average Bonchev–Trinajstić information content (AvgIpc) is 3.13. The molecule has 128 valence electrons. The molecule has 0 aliphatic carbocycles. The topological polar surface area (TPSA) is 70.7 Å². The maximum Gasteiger partial charge on any atom is 0.318 e. The van der Waals surface area contributed by atoms with E-state index in [1.54, 1.807) is 4.90 Å². The molecule has 2 saturated heterocycles. The molecule has 2 atom stereocenters. The number of amides is 3. The summed E-state index contributed by atoms with van der Waals surface area (Å²) in [6.45, 7) is 2.50. The van der Waals surface area contributed by atoms with Gasteiger partial charge in [0.1, 0.15) is 11.6 Å². The monoisotopic (exact) mass is 329 g/mol. The molecule has 2 N–H and O–H groups in total. The van der Waals surface area contributed by atoms with Gasteiger partial charge in [0.25, 0.3) is 0 Å². The van der Waals surface area contributed by atoms with Gasteiger partial charge in [-0.25, -0.2) is 4.79 Å². The van der Waals surface area contributed by atoms with E-state index in [1.165, 1.54) is 11.1 Å². The number of carbonyl (C=O) groups is 2. The zero-order valence-corrected chi connectivity index (χ0v) is 13.7. The molecule has 1 spiro atoms. The van der Waals surface area contributed by atoms with Gasteiger partial charge in [-0.1, -0.05) is 24.3 Å². The molecule has 0 bridgehead atoms. The van der Waals surface area contributed by atoms with E-state index in [0.29, 0.717) is 32.7 Å². The summed E-state index contributed by atoms with van der Waals surface area (Å²) in [5.74, 6) is -0.0720. The molecule has 2 fully saturated rings. The highest BCUT2D eigenvalue weighted by atomic mass is 16.5. The van der Waals surface area contributed by atoms with Crippen LogP contribution in [0.1, 0.15) is 36.8 Å². The van der Waals surface area contributed by atoms with Crippen molar-refractivity contribution in [1.29, 1.82) is 0 Å². The van der Waals surface area contributed by atoms with E-state index < -0.39 is 6.04 Å². The molecule has 1 aromatic carbocycles. The lowest BCUT2D eigenvalue weighted by atomic mass is 9.92. The minimum Gasteiger partial charge on any atom is -0.364 e. The highest BCUT2D eigenvalue weighted by Crippen LogP contribution is 2.43. The van der Waals surface area contributed by atoms with Crippen LogP contribution in [0.5, 0.6) is 0 Å². The SMILES string of the molecule is O=C1NCCCC[C@H]1NC(=O)N1CC[C@]2(C1)OCc1ccccc12. The number of likely N-dealkylation sites (tertiary alicyclic amines) is 1. The van der Waals surface area contributed by atoms with Crippen LogP contribution in [0.2, 0.25) is 0 Å². The van der Waals surface area contributed by atoms with Crippen molar-refractivity contribution in [3.05, 3.63) is 35.4 Å². The van der Waals surface area contributed by atoms with Gasteiger partial charge in [-0.2, -0.15) is 0 Å². The Morgan fingerprint density at radius 3 is 3.12 bits per heavy atom. The molecular formula is C18H23N3O3. The van der Waals surface area contributed by atoms with Crippen LogP contribution in [-0.4, -0.2) is 42.5 Å². The standard InChI is InChI=1S/C18H23N3O3/c22-16-15(7-3-4-9-19-16)20-17(23)21-10-8-18(12-21)14-6-2-1-5-13(14)11-24-18/h1-2,5-6,15H,3-4,7-12H2,(H,19,22)(H,20,23)/t15-,18-/m1/s1. The Morgan fingerprint density at radius 1 is 1.33 bits per heavy atom. The average molecular weight is 329 g/mol. The van der Waals surface area contributed by atoms with E-state index in [4.69, 9.17) is 4.74 Å². The maximum atomic E-state index is 12.6. The molecule has 3 aliphatic rings. The zero-order chi connectivity index (χ0) is 16.6. The number of benzene rings is 1. The lowest BCUT2D eigenvalue weighted by Crippen LogP contribution is -2.50. The first kappa shape index (κ1) is 15.4. The van der Waals surface area contributed by atoms with Crippen molar-refractivity contribution in [2.75, 3.05) is 19.6 Å².